The first kappa shape index (κ1) is 16.9. The molecule has 0 radical (unpaired) electrons. The van der Waals surface area contributed by atoms with Crippen molar-refractivity contribution in [3.8, 4) is 0 Å². The van der Waals surface area contributed by atoms with Crippen molar-refractivity contribution in [1.82, 2.24) is 9.97 Å². The maximum absolute atomic E-state index is 11.2. The Morgan fingerprint density at radius 3 is 3.00 bits per heavy atom. The molecule has 1 aliphatic rings. The molecule has 1 fully saturated rings. The van der Waals surface area contributed by atoms with Gasteiger partial charge in [-0.3, -0.25) is 10.1 Å². The number of benzene rings is 1. The molecular weight excluding hydrogens is 320 g/mol. The molecule has 0 unspecified atom stereocenters. The van der Waals surface area contributed by atoms with Gasteiger partial charge in [-0.1, -0.05) is 6.92 Å². The molecule has 3 rings (SSSR count). The van der Waals surface area contributed by atoms with Crippen LogP contribution < -0.4 is 16.0 Å². The fraction of sp³-hybridized carbons (Fsp3) is 0.412. The molecule has 0 spiro atoms. The lowest BCUT2D eigenvalue weighted by atomic mass is 10.0. The normalized spacial score (nSPS) is 17.3. The number of hydrogen-bond donors (Lipinski definition) is 2. The highest BCUT2D eigenvalue weighted by molar-refractivity contribution is 5.67. The third-order valence-electron chi connectivity index (χ3n) is 4.39. The van der Waals surface area contributed by atoms with E-state index in [0.29, 0.717) is 11.4 Å². The standard InChI is InChI=1S/C17H22N6O2/c1-2-13-9-17(20-11-19-13)22-7-3-4-14(10-22)21-15-8-12(18)5-6-16(15)23(24)25/h5-6,8-9,11,14,21H,2-4,7,10,18H2,1H3/t14-/m1/s1. The molecule has 0 aliphatic carbocycles. The van der Waals surface area contributed by atoms with E-state index in [9.17, 15) is 10.1 Å². The number of nitrogens with zero attached hydrogens (tertiary/aromatic N) is 4. The van der Waals surface area contributed by atoms with Crippen molar-refractivity contribution < 1.29 is 4.92 Å². The van der Waals surface area contributed by atoms with Crippen molar-refractivity contribution >= 4 is 22.9 Å². The van der Waals surface area contributed by atoms with E-state index < -0.39 is 0 Å². The average Bonchev–Trinajstić information content (AvgIpc) is 2.62. The first-order chi connectivity index (χ1) is 12.1. The van der Waals surface area contributed by atoms with Gasteiger partial charge in [0.1, 0.15) is 17.8 Å². The Hall–Kier alpha value is -2.90. The number of aryl methyl sites for hydroxylation is 1. The van der Waals surface area contributed by atoms with Gasteiger partial charge in [0.2, 0.25) is 0 Å². The number of nitrogens with two attached hydrogens (primary N) is 1. The SMILES string of the molecule is CCc1cc(N2CCC[C@@H](Nc3cc(N)ccc3[N+](=O)[O-])C2)ncn1. The Kier molecular flexibility index (Phi) is 4.97. The molecule has 3 N–H and O–H groups in total. The molecule has 8 nitrogen and oxygen atoms in total. The third-order valence-corrected chi connectivity index (χ3v) is 4.39. The van der Waals surface area contributed by atoms with Gasteiger partial charge in [-0.15, -0.1) is 0 Å². The molecule has 0 saturated carbocycles. The van der Waals surface area contributed by atoms with Crippen LogP contribution in [0.2, 0.25) is 0 Å². The van der Waals surface area contributed by atoms with E-state index in [-0.39, 0.29) is 16.7 Å². The second-order valence-corrected chi connectivity index (χ2v) is 6.18. The third kappa shape index (κ3) is 3.96. The van der Waals surface area contributed by atoms with Crippen LogP contribution in [0, 0.1) is 10.1 Å². The predicted octanol–water partition coefficient (Wildman–Crippen LogP) is 2.61. The van der Waals surface area contributed by atoms with Gasteiger partial charge in [-0.25, -0.2) is 9.97 Å². The van der Waals surface area contributed by atoms with Crippen LogP contribution in [0.25, 0.3) is 0 Å². The number of anilines is 3. The molecule has 132 valence electrons. The number of piperidine rings is 1. The molecule has 1 aromatic heterocycles. The van der Waals surface area contributed by atoms with Crippen molar-refractivity contribution in [2.45, 2.75) is 32.2 Å². The molecule has 2 aromatic rings. The molecule has 0 bridgehead atoms. The first-order valence-electron chi connectivity index (χ1n) is 8.43. The number of nitrogens with one attached hydrogen (secondary N) is 1. The summed E-state index contributed by atoms with van der Waals surface area (Å²) < 4.78 is 0. The number of hydrogen-bond acceptors (Lipinski definition) is 7. The van der Waals surface area contributed by atoms with E-state index in [1.54, 1.807) is 18.5 Å². The van der Waals surface area contributed by atoms with Gasteiger partial charge in [0.25, 0.3) is 5.69 Å². The summed E-state index contributed by atoms with van der Waals surface area (Å²) in [4.78, 5) is 21.6. The summed E-state index contributed by atoms with van der Waals surface area (Å²) in [5.41, 5.74) is 7.81. The summed E-state index contributed by atoms with van der Waals surface area (Å²) in [6, 6.07) is 6.71. The monoisotopic (exact) mass is 342 g/mol. The largest absolute Gasteiger partial charge is 0.399 e. The van der Waals surface area contributed by atoms with Crippen LogP contribution in [0.15, 0.2) is 30.6 Å². The summed E-state index contributed by atoms with van der Waals surface area (Å²) in [7, 11) is 0. The summed E-state index contributed by atoms with van der Waals surface area (Å²) in [5, 5.41) is 14.5. The Morgan fingerprint density at radius 1 is 1.40 bits per heavy atom. The molecule has 2 heterocycles. The van der Waals surface area contributed by atoms with Gasteiger partial charge in [-0.2, -0.15) is 0 Å². The van der Waals surface area contributed by atoms with Gasteiger partial charge < -0.3 is 16.0 Å². The van der Waals surface area contributed by atoms with Crippen LogP contribution in [0.5, 0.6) is 0 Å². The smallest absolute Gasteiger partial charge is 0.292 e. The highest BCUT2D eigenvalue weighted by atomic mass is 16.6. The van der Waals surface area contributed by atoms with Crippen molar-refractivity contribution in [2.75, 3.05) is 29.0 Å². The number of nitrogen functional groups attached to an aromatic ring is 1. The van der Waals surface area contributed by atoms with E-state index in [4.69, 9.17) is 5.73 Å². The zero-order valence-electron chi connectivity index (χ0n) is 14.2. The van der Waals surface area contributed by atoms with E-state index >= 15 is 0 Å². The highest BCUT2D eigenvalue weighted by Gasteiger charge is 2.24. The van der Waals surface area contributed by atoms with E-state index in [1.165, 1.54) is 6.07 Å². The topological polar surface area (TPSA) is 110 Å². The number of aromatic nitrogens is 2. The number of nitro benzene ring substituents is 1. The van der Waals surface area contributed by atoms with Gasteiger partial charge in [0, 0.05) is 42.6 Å². The second-order valence-electron chi connectivity index (χ2n) is 6.18. The van der Waals surface area contributed by atoms with Crippen LogP contribution in [0.4, 0.5) is 22.9 Å². The number of rotatable bonds is 5. The first-order valence-corrected chi connectivity index (χ1v) is 8.43. The predicted molar refractivity (Wildman–Crippen MR) is 97.8 cm³/mol. The molecule has 8 heteroatoms. The maximum Gasteiger partial charge on any atom is 0.292 e. The fourth-order valence-electron chi connectivity index (χ4n) is 3.10. The van der Waals surface area contributed by atoms with Crippen molar-refractivity contribution in [1.29, 1.82) is 0 Å². The fourth-order valence-corrected chi connectivity index (χ4v) is 3.10. The Bertz CT molecular complexity index is 767. The lowest BCUT2D eigenvalue weighted by molar-refractivity contribution is -0.384. The lowest BCUT2D eigenvalue weighted by Crippen LogP contribution is -2.42. The van der Waals surface area contributed by atoms with Crippen LogP contribution in [-0.2, 0) is 6.42 Å². The zero-order valence-corrected chi connectivity index (χ0v) is 14.2. The van der Waals surface area contributed by atoms with Gasteiger partial charge in [-0.05, 0) is 31.4 Å². The van der Waals surface area contributed by atoms with Crippen LogP contribution in [-0.4, -0.2) is 34.0 Å². The minimum Gasteiger partial charge on any atom is -0.399 e. The van der Waals surface area contributed by atoms with Crippen LogP contribution in [0.3, 0.4) is 0 Å². The van der Waals surface area contributed by atoms with E-state index in [1.807, 2.05) is 6.07 Å². The number of nitro groups is 1. The summed E-state index contributed by atoms with van der Waals surface area (Å²) >= 11 is 0. The summed E-state index contributed by atoms with van der Waals surface area (Å²) in [5.74, 6) is 0.903. The van der Waals surface area contributed by atoms with Crippen molar-refractivity contribution in [3.05, 3.63) is 46.4 Å². The Labute approximate surface area is 146 Å². The average molecular weight is 342 g/mol. The summed E-state index contributed by atoms with van der Waals surface area (Å²) in [6.45, 7) is 3.70. The molecule has 0 amide bonds. The Morgan fingerprint density at radius 2 is 2.24 bits per heavy atom. The molecular formula is C17H22N6O2. The molecule has 1 atom stereocenters. The lowest BCUT2D eigenvalue weighted by Gasteiger charge is -2.34. The minimum atomic E-state index is -0.389. The minimum absolute atomic E-state index is 0.0432. The zero-order chi connectivity index (χ0) is 17.8. The van der Waals surface area contributed by atoms with Crippen LogP contribution in [0.1, 0.15) is 25.5 Å². The van der Waals surface area contributed by atoms with Gasteiger partial charge in [0.05, 0.1) is 4.92 Å². The van der Waals surface area contributed by atoms with Crippen molar-refractivity contribution in [3.63, 3.8) is 0 Å². The van der Waals surface area contributed by atoms with Crippen molar-refractivity contribution in [2.24, 2.45) is 0 Å². The molecule has 25 heavy (non-hydrogen) atoms. The van der Waals surface area contributed by atoms with Crippen LogP contribution >= 0.6 is 0 Å². The molecule has 1 aromatic carbocycles. The van der Waals surface area contributed by atoms with Gasteiger partial charge in [0.15, 0.2) is 0 Å². The highest BCUT2D eigenvalue weighted by Crippen LogP contribution is 2.29. The van der Waals surface area contributed by atoms with E-state index in [0.717, 1.165) is 43.9 Å². The molecule has 1 aliphatic heterocycles. The van der Waals surface area contributed by atoms with E-state index in [2.05, 4.69) is 27.1 Å². The molecule has 1 saturated heterocycles. The Balaban J connectivity index is 1.76. The second kappa shape index (κ2) is 7.33. The quantitative estimate of drug-likeness (QED) is 0.488. The van der Waals surface area contributed by atoms with Gasteiger partial charge >= 0.3 is 0 Å². The maximum atomic E-state index is 11.2. The summed E-state index contributed by atoms with van der Waals surface area (Å²) in [6.07, 6.45) is 4.38.